The average Bonchev–Trinajstić information content (AvgIpc) is 2.98. The Bertz CT molecular complexity index is 1360. The molecule has 1 saturated heterocycles. The van der Waals surface area contributed by atoms with E-state index in [0.717, 1.165) is 57.4 Å². The number of benzene rings is 3. The quantitative estimate of drug-likeness (QED) is 0.273. The largest absolute Gasteiger partial charge is 0.337 e. The topological polar surface area (TPSA) is 87.6 Å². The highest BCUT2D eigenvalue weighted by Gasteiger charge is 2.34. The Morgan fingerprint density at radius 2 is 1.79 bits per heavy atom. The van der Waals surface area contributed by atoms with Crippen molar-refractivity contribution in [3.05, 3.63) is 82.9 Å². The van der Waals surface area contributed by atoms with Crippen LogP contribution in [0.2, 0.25) is 0 Å². The summed E-state index contributed by atoms with van der Waals surface area (Å²) in [6.45, 7) is 9.95. The maximum absolute atomic E-state index is 13.7. The van der Waals surface area contributed by atoms with E-state index < -0.39 is 0 Å². The van der Waals surface area contributed by atoms with E-state index in [1.165, 1.54) is 46.7 Å². The Kier molecular flexibility index (Phi) is 10.9. The van der Waals surface area contributed by atoms with Crippen molar-refractivity contribution in [2.45, 2.75) is 102 Å². The van der Waals surface area contributed by atoms with Crippen LogP contribution < -0.4 is 16.8 Å². The number of aryl methyl sites for hydroxylation is 2. The molecule has 2 aliphatic rings. The number of hydrogen-bond donors (Lipinski definition) is 3. The summed E-state index contributed by atoms with van der Waals surface area (Å²) < 4.78 is 0. The molecule has 0 radical (unpaired) electrons. The lowest BCUT2D eigenvalue weighted by molar-refractivity contribution is -0.136. The van der Waals surface area contributed by atoms with Crippen molar-refractivity contribution in [1.29, 1.82) is 0 Å². The molecule has 5 atom stereocenters. The molecule has 1 amide bonds. The van der Waals surface area contributed by atoms with Crippen molar-refractivity contribution in [2.24, 2.45) is 11.5 Å². The van der Waals surface area contributed by atoms with E-state index in [-0.39, 0.29) is 24.0 Å². The Morgan fingerprint density at radius 1 is 1.00 bits per heavy atom. The van der Waals surface area contributed by atoms with Crippen molar-refractivity contribution in [1.82, 2.24) is 15.1 Å². The van der Waals surface area contributed by atoms with Crippen molar-refractivity contribution >= 4 is 16.7 Å². The van der Waals surface area contributed by atoms with Crippen molar-refractivity contribution in [3.63, 3.8) is 0 Å². The third-order valence-electron chi connectivity index (χ3n) is 9.83. The average molecular weight is 584 g/mol. The number of nitrogens with zero attached hydrogens (tertiary/aromatic N) is 2. The molecule has 2 fully saturated rings. The fourth-order valence-electron chi connectivity index (χ4n) is 7.34. The molecule has 2 unspecified atom stereocenters. The third-order valence-corrected chi connectivity index (χ3v) is 9.83. The molecule has 232 valence electrons. The Balaban J connectivity index is 1.23. The van der Waals surface area contributed by atoms with Crippen LogP contribution in [0, 0.1) is 13.8 Å². The van der Waals surface area contributed by atoms with Gasteiger partial charge >= 0.3 is 0 Å². The summed E-state index contributed by atoms with van der Waals surface area (Å²) >= 11 is 0. The van der Waals surface area contributed by atoms with Gasteiger partial charge in [0, 0.05) is 49.8 Å². The highest BCUT2D eigenvalue weighted by atomic mass is 16.2. The standard InChI is InChI=1S/C37H53N5O/c1-26-14-16-31(27(2)19-26)22-33(38)24-41-23-28(3)42(25-34(41)11-8-18-40-36-13-7-6-12-35(36)39)37(43)21-29-15-17-30-9-4-5-10-32(30)20-29/h4-5,9-10,14-17,19-20,28,33-36,40H,6-8,11-13,18,21-25,38-39H2,1-3H3/t28-,33+,34+,35?,36?/m1/s1. The second kappa shape index (κ2) is 14.8. The first-order valence-electron chi connectivity index (χ1n) is 16.6. The van der Waals surface area contributed by atoms with Crippen LogP contribution in [0.15, 0.2) is 60.7 Å². The van der Waals surface area contributed by atoms with Crippen LogP contribution in [0.5, 0.6) is 0 Å². The first-order chi connectivity index (χ1) is 20.8. The molecule has 0 aromatic heterocycles. The van der Waals surface area contributed by atoms with Crippen LogP contribution in [0.25, 0.3) is 10.8 Å². The van der Waals surface area contributed by atoms with Crippen LogP contribution >= 0.6 is 0 Å². The molecule has 3 aromatic carbocycles. The summed E-state index contributed by atoms with van der Waals surface area (Å²) in [6.07, 6.45) is 8.24. The van der Waals surface area contributed by atoms with E-state index in [1.54, 1.807) is 0 Å². The van der Waals surface area contributed by atoms with Gasteiger partial charge in [-0.05, 0) is 86.9 Å². The van der Waals surface area contributed by atoms with Gasteiger partial charge < -0.3 is 21.7 Å². The Labute approximate surface area is 259 Å². The molecule has 1 aliphatic carbocycles. The molecule has 6 nitrogen and oxygen atoms in total. The number of amides is 1. The minimum absolute atomic E-state index is 0.0503. The van der Waals surface area contributed by atoms with Crippen LogP contribution in [-0.4, -0.2) is 72.1 Å². The predicted molar refractivity (Wildman–Crippen MR) is 179 cm³/mol. The molecule has 6 heteroatoms. The summed E-state index contributed by atoms with van der Waals surface area (Å²) in [5, 5.41) is 6.15. The number of hydrogen-bond acceptors (Lipinski definition) is 5. The lowest BCUT2D eigenvalue weighted by Crippen LogP contribution is -2.61. The molecular formula is C37H53N5O. The fraction of sp³-hybridized carbons (Fsp3) is 0.541. The van der Waals surface area contributed by atoms with Gasteiger partial charge in [0.25, 0.3) is 0 Å². The number of nitrogens with one attached hydrogen (secondary N) is 1. The van der Waals surface area contributed by atoms with Crippen LogP contribution in [0.3, 0.4) is 0 Å². The number of carbonyl (C=O) groups excluding carboxylic acids is 1. The first kappa shape index (κ1) is 31.6. The molecule has 0 bridgehead atoms. The SMILES string of the molecule is Cc1ccc(C[C@H](N)CN2C[C@@H](C)N(C(=O)Cc3ccc4ccccc4c3)C[C@@H]2CCCNC2CCCCC2N)c(C)c1. The zero-order chi connectivity index (χ0) is 30.3. The van der Waals surface area contributed by atoms with E-state index in [4.69, 9.17) is 11.5 Å². The molecule has 1 aliphatic heterocycles. The maximum atomic E-state index is 13.7. The molecule has 0 spiro atoms. The van der Waals surface area contributed by atoms with Gasteiger partial charge in [-0.15, -0.1) is 0 Å². The predicted octanol–water partition coefficient (Wildman–Crippen LogP) is 5.11. The molecule has 1 heterocycles. The number of carbonyl (C=O) groups is 1. The highest BCUT2D eigenvalue weighted by Crippen LogP contribution is 2.23. The first-order valence-corrected chi connectivity index (χ1v) is 16.6. The van der Waals surface area contributed by atoms with Crippen LogP contribution in [0.4, 0.5) is 0 Å². The minimum atomic E-state index is 0.0503. The molecule has 1 saturated carbocycles. The Hall–Kier alpha value is -2.77. The monoisotopic (exact) mass is 583 g/mol. The molecule has 5 N–H and O–H groups in total. The summed E-state index contributed by atoms with van der Waals surface area (Å²) in [4.78, 5) is 18.4. The van der Waals surface area contributed by atoms with Gasteiger partial charge in [0.05, 0.1) is 6.42 Å². The summed E-state index contributed by atoms with van der Waals surface area (Å²) in [6, 6.07) is 22.6. The number of rotatable bonds is 11. The van der Waals surface area contributed by atoms with Crippen LogP contribution in [-0.2, 0) is 17.6 Å². The van der Waals surface area contributed by atoms with Crippen molar-refractivity contribution < 1.29 is 4.79 Å². The van der Waals surface area contributed by atoms with Gasteiger partial charge in [-0.2, -0.15) is 0 Å². The lowest BCUT2D eigenvalue weighted by atomic mass is 9.91. The number of fused-ring (bicyclic) bond motifs is 1. The van der Waals surface area contributed by atoms with Crippen molar-refractivity contribution in [3.8, 4) is 0 Å². The van der Waals surface area contributed by atoms with E-state index in [9.17, 15) is 4.79 Å². The van der Waals surface area contributed by atoms with E-state index in [2.05, 4.69) is 96.6 Å². The van der Waals surface area contributed by atoms with Gasteiger partial charge in [-0.3, -0.25) is 9.69 Å². The van der Waals surface area contributed by atoms with Gasteiger partial charge in [0.15, 0.2) is 0 Å². The van der Waals surface area contributed by atoms with E-state index in [1.807, 2.05) is 0 Å². The van der Waals surface area contributed by atoms with Crippen LogP contribution in [0.1, 0.15) is 67.7 Å². The number of nitrogens with two attached hydrogens (primary N) is 2. The smallest absolute Gasteiger partial charge is 0.227 e. The summed E-state index contributed by atoms with van der Waals surface area (Å²) in [7, 11) is 0. The zero-order valence-electron chi connectivity index (χ0n) is 26.6. The van der Waals surface area contributed by atoms with Gasteiger partial charge in [0.1, 0.15) is 0 Å². The summed E-state index contributed by atoms with van der Waals surface area (Å²) in [5.41, 5.74) is 18.2. The highest BCUT2D eigenvalue weighted by molar-refractivity contribution is 5.85. The lowest BCUT2D eigenvalue weighted by Gasteiger charge is -2.46. The molecule has 43 heavy (non-hydrogen) atoms. The second-order valence-corrected chi connectivity index (χ2v) is 13.4. The Morgan fingerprint density at radius 3 is 2.58 bits per heavy atom. The fourth-order valence-corrected chi connectivity index (χ4v) is 7.34. The van der Waals surface area contributed by atoms with E-state index >= 15 is 0 Å². The van der Waals surface area contributed by atoms with Gasteiger partial charge in [-0.1, -0.05) is 79.1 Å². The normalized spacial score (nSPS) is 23.9. The number of piperazine rings is 1. The molecule has 3 aromatic rings. The minimum Gasteiger partial charge on any atom is -0.337 e. The maximum Gasteiger partial charge on any atom is 0.227 e. The van der Waals surface area contributed by atoms with Crippen molar-refractivity contribution in [2.75, 3.05) is 26.2 Å². The van der Waals surface area contributed by atoms with Gasteiger partial charge in [0.2, 0.25) is 5.91 Å². The van der Waals surface area contributed by atoms with Gasteiger partial charge in [-0.25, -0.2) is 0 Å². The second-order valence-electron chi connectivity index (χ2n) is 13.4. The zero-order valence-corrected chi connectivity index (χ0v) is 26.6. The van der Waals surface area contributed by atoms with E-state index in [0.29, 0.717) is 18.5 Å². The molecular weight excluding hydrogens is 530 g/mol. The summed E-state index contributed by atoms with van der Waals surface area (Å²) in [5.74, 6) is 0.221. The third kappa shape index (κ3) is 8.45. The molecule has 5 rings (SSSR count).